The third-order valence-corrected chi connectivity index (χ3v) is 2.24. The lowest BCUT2D eigenvalue weighted by molar-refractivity contribution is 0.0908. The van der Waals surface area contributed by atoms with Gasteiger partial charge in [-0.1, -0.05) is 0 Å². The average molecular weight is 236 g/mol. The number of pyridine rings is 1. The summed E-state index contributed by atoms with van der Waals surface area (Å²) in [6, 6.07) is 2.90. The maximum atomic E-state index is 11.8. The number of carbonyl (C=O) groups is 2. The molecule has 1 heterocycles. The molecular weight excluding hydrogens is 220 g/mol. The molecule has 0 aliphatic carbocycles. The number of nitrogens with one attached hydrogen (secondary N) is 1. The molecule has 0 aliphatic heterocycles. The van der Waals surface area contributed by atoms with Crippen LogP contribution in [-0.4, -0.2) is 28.9 Å². The molecule has 0 aliphatic rings. The fourth-order valence-corrected chi connectivity index (χ4v) is 1.10. The number of primary amides is 1. The van der Waals surface area contributed by atoms with E-state index in [2.05, 4.69) is 10.3 Å². The van der Waals surface area contributed by atoms with Crippen LogP contribution in [0, 0.1) is 0 Å². The summed E-state index contributed by atoms with van der Waals surface area (Å²) in [5.74, 6) is -0.914. The Kier molecular flexibility index (Phi) is 3.80. The maximum absolute atomic E-state index is 11.8. The van der Waals surface area contributed by atoms with Crippen molar-refractivity contribution in [2.24, 2.45) is 11.5 Å². The van der Waals surface area contributed by atoms with Crippen LogP contribution < -0.4 is 16.8 Å². The first-order valence-electron chi connectivity index (χ1n) is 5.14. The third-order valence-electron chi connectivity index (χ3n) is 2.24. The summed E-state index contributed by atoms with van der Waals surface area (Å²) in [5, 5.41) is 2.73. The van der Waals surface area contributed by atoms with Gasteiger partial charge in [0.05, 0.1) is 5.56 Å². The van der Waals surface area contributed by atoms with Gasteiger partial charge >= 0.3 is 0 Å². The number of hydrogen-bond acceptors (Lipinski definition) is 4. The predicted octanol–water partition coefficient (Wildman–Crippen LogP) is -0.352. The van der Waals surface area contributed by atoms with Crippen molar-refractivity contribution in [3.05, 3.63) is 29.6 Å². The molecule has 2 amide bonds. The topological polar surface area (TPSA) is 111 Å². The molecule has 0 bridgehead atoms. The van der Waals surface area contributed by atoms with Crippen molar-refractivity contribution in [1.82, 2.24) is 10.3 Å². The van der Waals surface area contributed by atoms with Crippen LogP contribution in [0.2, 0.25) is 0 Å². The Morgan fingerprint density at radius 1 is 1.41 bits per heavy atom. The molecular formula is C11H16N4O2. The first kappa shape index (κ1) is 13.1. The molecule has 0 saturated heterocycles. The number of aromatic nitrogens is 1. The highest BCUT2D eigenvalue weighted by Gasteiger charge is 2.19. The van der Waals surface area contributed by atoms with Gasteiger partial charge in [-0.2, -0.15) is 0 Å². The summed E-state index contributed by atoms with van der Waals surface area (Å²) >= 11 is 0. The second-order valence-corrected chi connectivity index (χ2v) is 4.34. The van der Waals surface area contributed by atoms with Crippen molar-refractivity contribution >= 4 is 11.8 Å². The van der Waals surface area contributed by atoms with E-state index in [0.717, 1.165) is 0 Å². The van der Waals surface area contributed by atoms with Gasteiger partial charge in [0.1, 0.15) is 5.69 Å². The lowest BCUT2D eigenvalue weighted by atomic mass is 10.1. The van der Waals surface area contributed by atoms with Crippen LogP contribution in [0.3, 0.4) is 0 Å². The van der Waals surface area contributed by atoms with Crippen molar-refractivity contribution in [3.8, 4) is 0 Å². The number of nitrogens with two attached hydrogens (primary N) is 2. The predicted molar refractivity (Wildman–Crippen MR) is 63.4 cm³/mol. The second kappa shape index (κ2) is 4.92. The molecule has 0 atom stereocenters. The minimum absolute atomic E-state index is 0.219. The second-order valence-electron chi connectivity index (χ2n) is 4.34. The highest BCUT2D eigenvalue weighted by Crippen LogP contribution is 2.03. The highest BCUT2D eigenvalue weighted by atomic mass is 16.2. The first-order valence-corrected chi connectivity index (χ1v) is 5.14. The Labute approximate surface area is 99.4 Å². The van der Waals surface area contributed by atoms with Gasteiger partial charge in [0, 0.05) is 18.3 Å². The number of amides is 2. The van der Waals surface area contributed by atoms with Crippen molar-refractivity contribution in [2.45, 2.75) is 19.4 Å². The molecule has 6 heteroatoms. The molecule has 0 aromatic carbocycles. The zero-order valence-electron chi connectivity index (χ0n) is 9.86. The summed E-state index contributed by atoms with van der Waals surface area (Å²) in [6.45, 7) is 3.93. The van der Waals surface area contributed by atoms with E-state index in [-0.39, 0.29) is 17.2 Å². The summed E-state index contributed by atoms with van der Waals surface area (Å²) in [7, 11) is 0. The summed E-state index contributed by atoms with van der Waals surface area (Å²) in [6.07, 6.45) is 1.27. The molecule has 6 nitrogen and oxygen atoms in total. The molecule has 0 radical (unpaired) electrons. The Bertz CT molecular complexity index is 426. The quantitative estimate of drug-likeness (QED) is 0.663. The van der Waals surface area contributed by atoms with Gasteiger partial charge in [-0.25, -0.2) is 0 Å². The Balaban J connectivity index is 2.80. The number of carbonyl (C=O) groups excluding carboxylic acids is 2. The number of hydrogen-bond donors (Lipinski definition) is 3. The van der Waals surface area contributed by atoms with E-state index >= 15 is 0 Å². The Hall–Kier alpha value is -1.95. The van der Waals surface area contributed by atoms with E-state index in [1.807, 2.05) is 13.8 Å². The van der Waals surface area contributed by atoms with E-state index in [1.165, 1.54) is 18.3 Å². The molecule has 0 fully saturated rings. The van der Waals surface area contributed by atoms with Crippen LogP contribution in [0.15, 0.2) is 18.3 Å². The average Bonchev–Trinajstić information content (AvgIpc) is 2.28. The monoisotopic (exact) mass is 236 g/mol. The van der Waals surface area contributed by atoms with Crippen molar-refractivity contribution in [3.63, 3.8) is 0 Å². The minimum Gasteiger partial charge on any atom is -0.366 e. The van der Waals surface area contributed by atoms with E-state index in [1.54, 1.807) is 0 Å². The van der Waals surface area contributed by atoms with Crippen molar-refractivity contribution in [2.75, 3.05) is 6.54 Å². The number of nitrogens with zero attached hydrogens (tertiary/aromatic N) is 1. The molecule has 17 heavy (non-hydrogen) atoms. The van der Waals surface area contributed by atoms with Gasteiger partial charge in [0.2, 0.25) is 5.91 Å². The van der Waals surface area contributed by atoms with Gasteiger partial charge in [-0.05, 0) is 26.0 Å². The minimum atomic E-state index is -0.577. The summed E-state index contributed by atoms with van der Waals surface area (Å²) < 4.78 is 0. The standard InChI is InChI=1S/C11H16N4O2/c1-11(2,6-12)15-10(17)8-4-3-7(5-14-8)9(13)16/h3-5H,6,12H2,1-2H3,(H2,13,16)(H,15,17). The van der Waals surface area contributed by atoms with Crippen molar-refractivity contribution < 1.29 is 9.59 Å². The first-order chi connectivity index (χ1) is 7.85. The van der Waals surface area contributed by atoms with Crippen molar-refractivity contribution in [1.29, 1.82) is 0 Å². The third kappa shape index (κ3) is 3.53. The molecule has 0 unspecified atom stereocenters. The molecule has 1 aromatic heterocycles. The SMILES string of the molecule is CC(C)(CN)NC(=O)c1ccc(C(N)=O)cn1. The Morgan fingerprint density at radius 3 is 2.47 bits per heavy atom. The molecule has 1 rings (SSSR count). The van der Waals surface area contributed by atoms with Crippen LogP contribution in [0.1, 0.15) is 34.7 Å². The van der Waals surface area contributed by atoms with Gasteiger partial charge < -0.3 is 16.8 Å². The van der Waals surface area contributed by atoms with Crippen LogP contribution in [-0.2, 0) is 0 Å². The molecule has 5 N–H and O–H groups in total. The molecule has 1 aromatic rings. The van der Waals surface area contributed by atoms with Gasteiger partial charge in [-0.3, -0.25) is 14.6 Å². The largest absolute Gasteiger partial charge is 0.366 e. The van der Waals surface area contributed by atoms with Crippen LogP contribution in [0.5, 0.6) is 0 Å². The van der Waals surface area contributed by atoms with E-state index in [4.69, 9.17) is 11.5 Å². The Morgan fingerprint density at radius 2 is 2.06 bits per heavy atom. The lowest BCUT2D eigenvalue weighted by Gasteiger charge is -2.23. The van der Waals surface area contributed by atoms with Crippen LogP contribution in [0.4, 0.5) is 0 Å². The van der Waals surface area contributed by atoms with Gasteiger partial charge in [0.25, 0.3) is 5.91 Å². The lowest BCUT2D eigenvalue weighted by Crippen LogP contribution is -2.49. The summed E-state index contributed by atoms with van der Waals surface area (Å²) in [4.78, 5) is 26.4. The number of rotatable bonds is 4. The highest BCUT2D eigenvalue weighted by molar-refractivity contribution is 5.95. The fraction of sp³-hybridized carbons (Fsp3) is 0.364. The van der Waals surface area contributed by atoms with Crippen LogP contribution in [0.25, 0.3) is 0 Å². The normalized spacial score (nSPS) is 11.0. The fourth-order valence-electron chi connectivity index (χ4n) is 1.10. The molecule has 0 spiro atoms. The van der Waals surface area contributed by atoms with Crippen LogP contribution >= 0.6 is 0 Å². The zero-order valence-corrected chi connectivity index (χ0v) is 9.86. The smallest absolute Gasteiger partial charge is 0.270 e. The van der Waals surface area contributed by atoms with Gasteiger partial charge in [0.15, 0.2) is 0 Å². The van der Waals surface area contributed by atoms with E-state index < -0.39 is 11.4 Å². The molecule has 92 valence electrons. The van der Waals surface area contributed by atoms with E-state index in [0.29, 0.717) is 6.54 Å². The zero-order chi connectivity index (χ0) is 13.1. The maximum Gasteiger partial charge on any atom is 0.270 e. The summed E-state index contributed by atoms with van der Waals surface area (Å²) in [5.41, 5.74) is 10.6. The van der Waals surface area contributed by atoms with E-state index in [9.17, 15) is 9.59 Å². The van der Waals surface area contributed by atoms with Gasteiger partial charge in [-0.15, -0.1) is 0 Å². The molecule has 0 saturated carbocycles.